The van der Waals surface area contributed by atoms with Crippen LogP contribution in [0.3, 0.4) is 0 Å². The molecule has 234 valence electrons. The molecule has 2 fully saturated rings. The van der Waals surface area contributed by atoms with Gasteiger partial charge in [-0.2, -0.15) is 0 Å². The first-order valence-corrected chi connectivity index (χ1v) is 16.0. The van der Waals surface area contributed by atoms with Gasteiger partial charge >= 0.3 is 5.97 Å². The van der Waals surface area contributed by atoms with E-state index < -0.39 is 11.9 Å². The highest BCUT2D eigenvalue weighted by Crippen LogP contribution is 2.39. The second-order valence-electron chi connectivity index (χ2n) is 12.4. The molecule has 1 heterocycles. The van der Waals surface area contributed by atoms with Crippen molar-refractivity contribution >= 4 is 29.2 Å². The molecule has 0 unspecified atom stereocenters. The van der Waals surface area contributed by atoms with E-state index in [0.29, 0.717) is 30.0 Å². The predicted molar refractivity (Wildman–Crippen MR) is 170 cm³/mol. The average molecular weight is 601 g/mol. The van der Waals surface area contributed by atoms with Crippen LogP contribution in [-0.2, 0) is 11.2 Å². The minimum absolute atomic E-state index is 0.205. The second-order valence-corrected chi connectivity index (χ2v) is 12.4. The Labute approximate surface area is 259 Å². The lowest BCUT2D eigenvalue weighted by Gasteiger charge is -2.29. The van der Waals surface area contributed by atoms with Gasteiger partial charge in [0.1, 0.15) is 6.26 Å². The lowest BCUT2D eigenvalue weighted by Crippen LogP contribution is -2.40. The number of rotatable bonds is 13. The van der Waals surface area contributed by atoms with Crippen LogP contribution in [0.15, 0.2) is 47.1 Å². The topological polar surface area (TPSA) is 125 Å². The van der Waals surface area contributed by atoms with Crippen LogP contribution in [0.2, 0.25) is 0 Å². The molecule has 44 heavy (non-hydrogen) atoms. The van der Waals surface area contributed by atoms with Crippen molar-refractivity contribution in [2.45, 2.75) is 90.5 Å². The average Bonchev–Trinajstić information content (AvgIpc) is 3.74. The molecular formula is C35H44N4O5. The molecule has 0 bridgehead atoms. The quantitative estimate of drug-likeness (QED) is 0.201. The van der Waals surface area contributed by atoms with Crippen LogP contribution < -0.4 is 15.5 Å². The summed E-state index contributed by atoms with van der Waals surface area (Å²) in [5.41, 5.74) is 5.46. The van der Waals surface area contributed by atoms with Crippen molar-refractivity contribution in [1.29, 1.82) is 0 Å². The van der Waals surface area contributed by atoms with Crippen molar-refractivity contribution in [3.63, 3.8) is 0 Å². The van der Waals surface area contributed by atoms with Gasteiger partial charge in [-0.15, -0.1) is 0 Å². The summed E-state index contributed by atoms with van der Waals surface area (Å²) >= 11 is 0. The highest BCUT2D eigenvalue weighted by molar-refractivity contribution is 6.06. The molecule has 2 saturated carbocycles. The van der Waals surface area contributed by atoms with E-state index in [2.05, 4.69) is 58.6 Å². The van der Waals surface area contributed by atoms with Crippen molar-refractivity contribution in [3.05, 3.63) is 76.5 Å². The van der Waals surface area contributed by atoms with Crippen LogP contribution in [0.1, 0.15) is 108 Å². The zero-order valence-electron chi connectivity index (χ0n) is 26.0. The van der Waals surface area contributed by atoms with Gasteiger partial charge in [0.2, 0.25) is 0 Å². The zero-order valence-corrected chi connectivity index (χ0v) is 26.0. The summed E-state index contributed by atoms with van der Waals surface area (Å²) in [6.45, 7) is 7.74. The normalized spacial score (nSPS) is 18.1. The van der Waals surface area contributed by atoms with Gasteiger partial charge in [-0.05, 0) is 94.0 Å². The lowest BCUT2D eigenvalue weighted by molar-refractivity contribution is -0.143. The molecule has 0 spiro atoms. The maximum atomic E-state index is 13.6. The summed E-state index contributed by atoms with van der Waals surface area (Å²) in [5.74, 6) is -1.03. The van der Waals surface area contributed by atoms with E-state index in [9.17, 15) is 19.5 Å². The molecule has 2 aromatic carbocycles. The molecule has 9 heteroatoms. The van der Waals surface area contributed by atoms with Crippen molar-refractivity contribution in [2.75, 3.05) is 23.3 Å². The van der Waals surface area contributed by atoms with Crippen molar-refractivity contribution in [3.8, 4) is 0 Å². The summed E-state index contributed by atoms with van der Waals surface area (Å²) < 4.78 is 5.57. The third kappa shape index (κ3) is 7.68. The first kappa shape index (κ1) is 31.3. The van der Waals surface area contributed by atoms with E-state index in [0.717, 1.165) is 69.3 Å². The maximum absolute atomic E-state index is 13.6. The Bertz CT molecular complexity index is 1490. The number of carbonyl (C=O) groups is 3. The number of hydrogen-bond donors (Lipinski definition) is 3. The summed E-state index contributed by atoms with van der Waals surface area (Å²) in [6.07, 6.45) is 8.78. The van der Waals surface area contributed by atoms with Crippen LogP contribution >= 0.6 is 0 Å². The monoisotopic (exact) mass is 600 g/mol. The Morgan fingerprint density at radius 3 is 2.55 bits per heavy atom. The fourth-order valence-corrected chi connectivity index (χ4v) is 6.18. The Balaban J connectivity index is 1.40. The number of amides is 2. The zero-order chi connectivity index (χ0) is 31.2. The van der Waals surface area contributed by atoms with Gasteiger partial charge < -0.3 is 25.1 Å². The first-order chi connectivity index (χ1) is 21.2. The molecule has 0 saturated heterocycles. The van der Waals surface area contributed by atoms with E-state index in [1.165, 1.54) is 17.4 Å². The lowest BCUT2D eigenvalue weighted by atomic mass is 9.85. The number of hydrogen-bond acceptors (Lipinski definition) is 6. The Morgan fingerprint density at radius 2 is 1.82 bits per heavy atom. The van der Waals surface area contributed by atoms with E-state index in [1.807, 2.05) is 13.0 Å². The standard InChI is InChI=1S/C35H44N4O5/c1-4-16-39(17-8-12-24-10-6-5-9-22(24)2)31-18-23(3)28(32(40)36-27-13-7-11-26(19-27)35(42)43)20-29(31)37-33(41)30-21-44-34(38-30)25-14-15-25/h5-6,9-10,18,20-21,25-27H,4,7-8,11-17,19H2,1-3H3,(H,36,40)(H,37,41)(H,42,43)/t26-,27+/m0/s1. The summed E-state index contributed by atoms with van der Waals surface area (Å²) in [6, 6.07) is 12.0. The van der Waals surface area contributed by atoms with Crippen molar-refractivity contribution < 1.29 is 23.9 Å². The largest absolute Gasteiger partial charge is 0.481 e. The number of aryl methyl sites for hydroxylation is 3. The molecule has 9 nitrogen and oxygen atoms in total. The number of nitrogens with zero attached hydrogens (tertiary/aromatic N) is 2. The summed E-state index contributed by atoms with van der Waals surface area (Å²) in [4.78, 5) is 45.2. The molecule has 0 radical (unpaired) electrons. The van der Waals surface area contributed by atoms with Crippen molar-refractivity contribution in [1.82, 2.24) is 10.3 Å². The molecule has 2 atom stereocenters. The number of carboxylic acids is 1. The van der Waals surface area contributed by atoms with Crippen LogP contribution in [0.25, 0.3) is 0 Å². The van der Waals surface area contributed by atoms with Crippen LogP contribution in [0, 0.1) is 19.8 Å². The van der Waals surface area contributed by atoms with Gasteiger partial charge in [-0.25, -0.2) is 4.98 Å². The Morgan fingerprint density at radius 1 is 1.02 bits per heavy atom. The van der Waals surface area contributed by atoms with Gasteiger partial charge in [0.25, 0.3) is 11.8 Å². The maximum Gasteiger partial charge on any atom is 0.306 e. The number of carboxylic acid groups (broad SMARTS) is 1. The molecule has 2 amide bonds. The van der Waals surface area contributed by atoms with E-state index in [4.69, 9.17) is 4.42 Å². The van der Waals surface area contributed by atoms with Crippen LogP contribution in [-0.4, -0.2) is 47.0 Å². The van der Waals surface area contributed by atoms with Crippen molar-refractivity contribution in [2.24, 2.45) is 5.92 Å². The highest BCUT2D eigenvalue weighted by atomic mass is 16.4. The minimum Gasteiger partial charge on any atom is -0.481 e. The van der Waals surface area contributed by atoms with E-state index >= 15 is 0 Å². The fourth-order valence-electron chi connectivity index (χ4n) is 6.18. The van der Waals surface area contributed by atoms with E-state index in [-0.39, 0.29) is 29.5 Å². The third-order valence-electron chi connectivity index (χ3n) is 8.84. The molecule has 2 aliphatic rings. The molecule has 5 rings (SSSR count). The Hall–Kier alpha value is -4.14. The molecular weight excluding hydrogens is 556 g/mol. The summed E-state index contributed by atoms with van der Waals surface area (Å²) in [7, 11) is 0. The van der Waals surface area contributed by atoms with E-state index in [1.54, 1.807) is 6.07 Å². The molecule has 1 aromatic heterocycles. The number of carbonyl (C=O) groups excluding carboxylic acids is 2. The van der Waals surface area contributed by atoms with Crippen LogP contribution in [0.4, 0.5) is 11.4 Å². The van der Waals surface area contributed by atoms with Gasteiger partial charge in [-0.3, -0.25) is 14.4 Å². The van der Waals surface area contributed by atoms with Gasteiger partial charge in [0.15, 0.2) is 11.6 Å². The SMILES string of the molecule is CCCN(CCCc1ccccc1C)c1cc(C)c(C(=O)N[C@@H]2CCC[C@H](C(=O)O)C2)cc1NC(=O)c1coc(C2CC2)n1. The minimum atomic E-state index is -0.814. The number of anilines is 2. The smallest absolute Gasteiger partial charge is 0.306 e. The number of oxazole rings is 1. The molecule has 3 N–H and O–H groups in total. The molecule has 3 aromatic rings. The fraction of sp³-hybridized carbons (Fsp3) is 0.486. The third-order valence-corrected chi connectivity index (χ3v) is 8.84. The molecule has 0 aliphatic heterocycles. The van der Waals surface area contributed by atoms with Crippen LogP contribution in [0.5, 0.6) is 0 Å². The number of aliphatic carboxylic acids is 1. The number of aromatic nitrogens is 1. The van der Waals surface area contributed by atoms with Gasteiger partial charge in [-0.1, -0.05) is 37.6 Å². The first-order valence-electron chi connectivity index (χ1n) is 16.0. The Kier molecular flexibility index (Phi) is 10.0. The second kappa shape index (κ2) is 14.1. The predicted octanol–water partition coefficient (Wildman–Crippen LogP) is 6.64. The number of nitrogens with one attached hydrogen (secondary N) is 2. The molecule has 2 aliphatic carbocycles. The highest BCUT2D eigenvalue weighted by Gasteiger charge is 2.31. The summed E-state index contributed by atoms with van der Waals surface area (Å²) in [5, 5.41) is 15.6. The van der Waals surface area contributed by atoms with Gasteiger partial charge in [0.05, 0.1) is 17.3 Å². The number of benzene rings is 2. The van der Waals surface area contributed by atoms with Gasteiger partial charge in [0, 0.05) is 30.6 Å².